The van der Waals surface area contributed by atoms with E-state index in [2.05, 4.69) is 16.0 Å². The lowest BCUT2D eigenvalue weighted by Gasteiger charge is -2.22. The Morgan fingerprint density at radius 1 is 0.923 bits per heavy atom. The molecule has 1 aromatic rings. The predicted octanol–water partition coefficient (Wildman–Crippen LogP) is 2.54. The van der Waals surface area contributed by atoms with Gasteiger partial charge in [-0.25, -0.2) is 9.59 Å². The summed E-state index contributed by atoms with van der Waals surface area (Å²) in [5, 5.41) is 8.00. The van der Waals surface area contributed by atoms with E-state index in [1.807, 2.05) is 26.8 Å². The van der Waals surface area contributed by atoms with Crippen molar-refractivity contribution in [3.05, 3.63) is 30.3 Å². The Balaban J connectivity index is 2.53. The molecule has 7 nitrogen and oxygen atoms in total. The maximum atomic E-state index is 12.3. The number of hydrogen-bond acceptors (Lipinski definition) is 4. The number of para-hydroxylation sites is 1. The van der Waals surface area contributed by atoms with Gasteiger partial charge in [-0.05, 0) is 30.9 Å². The van der Waals surface area contributed by atoms with Gasteiger partial charge >= 0.3 is 12.0 Å². The first kappa shape index (κ1) is 21.5. The molecule has 144 valence electrons. The summed E-state index contributed by atoms with van der Waals surface area (Å²) in [7, 11) is 0. The first-order valence-electron chi connectivity index (χ1n) is 8.79. The standard InChI is InChI=1S/C19H29N3O4/c1-12(2)14(5)20-16(23)11-26-18(24)17(13(3)4)22-19(25)21-15-9-7-6-8-10-15/h6-10,12-14,17H,11H2,1-5H3,(H,20,23)(H2,21,22,25)/t14-,17+/m0/s1. The van der Waals surface area contributed by atoms with E-state index >= 15 is 0 Å². The van der Waals surface area contributed by atoms with Crippen LogP contribution < -0.4 is 16.0 Å². The first-order valence-corrected chi connectivity index (χ1v) is 8.79. The van der Waals surface area contributed by atoms with Crippen LogP contribution in [0.3, 0.4) is 0 Å². The average Bonchev–Trinajstić information content (AvgIpc) is 2.58. The highest BCUT2D eigenvalue weighted by Crippen LogP contribution is 2.08. The molecule has 3 amide bonds. The number of urea groups is 1. The van der Waals surface area contributed by atoms with E-state index in [1.54, 1.807) is 38.1 Å². The number of benzene rings is 1. The number of nitrogens with one attached hydrogen (secondary N) is 3. The lowest BCUT2D eigenvalue weighted by atomic mass is 10.1. The highest BCUT2D eigenvalue weighted by atomic mass is 16.5. The van der Waals surface area contributed by atoms with Crippen LogP contribution in [0.5, 0.6) is 0 Å². The van der Waals surface area contributed by atoms with Gasteiger partial charge in [-0.1, -0.05) is 45.9 Å². The van der Waals surface area contributed by atoms with Crippen LogP contribution in [0.4, 0.5) is 10.5 Å². The van der Waals surface area contributed by atoms with Crippen LogP contribution in [0.1, 0.15) is 34.6 Å². The summed E-state index contributed by atoms with van der Waals surface area (Å²) >= 11 is 0. The third kappa shape index (κ3) is 7.55. The monoisotopic (exact) mass is 363 g/mol. The van der Waals surface area contributed by atoms with Gasteiger partial charge in [-0.3, -0.25) is 4.79 Å². The highest BCUT2D eigenvalue weighted by Gasteiger charge is 2.26. The van der Waals surface area contributed by atoms with Crippen LogP contribution in [0.15, 0.2) is 30.3 Å². The molecular formula is C19H29N3O4. The minimum atomic E-state index is -0.853. The Morgan fingerprint density at radius 3 is 2.08 bits per heavy atom. The minimum absolute atomic E-state index is 0.0168. The number of carbonyl (C=O) groups is 3. The molecule has 0 bridgehead atoms. The number of anilines is 1. The summed E-state index contributed by atoms with van der Waals surface area (Å²) in [6, 6.07) is 7.52. The number of carbonyl (C=O) groups excluding carboxylic acids is 3. The van der Waals surface area contributed by atoms with Crippen LogP contribution in [0.2, 0.25) is 0 Å². The molecule has 0 aliphatic carbocycles. The minimum Gasteiger partial charge on any atom is -0.454 e. The summed E-state index contributed by atoms with van der Waals surface area (Å²) in [6.45, 7) is 9.06. The molecule has 0 saturated carbocycles. The lowest BCUT2D eigenvalue weighted by molar-refractivity contribution is -0.151. The predicted molar refractivity (Wildman–Crippen MR) is 101 cm³/mol. The molecule has 2 atom stereocenters. The molecule has 0 aromatic heterocycles. The van der Waals surface area contributed by atoms with Gasteiger partial charge in [0.2, 0.25) is 0 Å². The van der Waals surface area contributed by atoms with Gasteiger partial charge in [0.25, 0.3) is 5.91 Å². The van der Waals surface area contributed by atoms with E-state index in [4.69, 9.17) is 4.74 Å². The van der Waals surface area contributed by atoms with Crippen molar-refractivity contribution in [2.75, 3.05) is 11.9 Å². The van der Waals surface area contributed by atoms with Crippen molar-refractivity contribution in [1.29, 1.82) is 0 Å². The van der Waals surface area contributed by atoms with Crippen LogP contribution in [-0.4, -0.2) is 36.6 Å². The van der Waals surface area contributed by atoms with Crippen molar-refractivity contribution in [2.24, 2.45) is 11.8 Å². The maximum Gasteiger partial charge on any atom is 0.329 e. The van der Waals surface area contributed by atoms with Crippen molar-refractivity contribution >= 4 is 23.6 Å². The van der Waals surface area contributed by atoms with E-state index in [1.165, 1.54) is 0 Å². The third-order valence-corrected chi connectivity index (χ3v) is 3.97. The molecule has 26 heavy (non-hydrogen) atoms. The quantitative estimate of drug-likeness (QED) is 0.618. The first-order chi connectivity index (χ1) is 12.2. The molecule has 0 saturated heterocycles. The fourth-order valence-corrected chi connectivity index (χ4v) is 2.02. The summed E-state index contributed by atoms with van der Waals surface area (Å²) in [6.07, 6.45) is 0. The summed E-state index contributed by atoms with van der Waals surface area (Å²) in [4.78, 5) is 36.2. The van der Waals surface area contributed by atoms with Crippen LogP contribution in [0.25, 0.3) is 0 Å². The number of amides is 3. The Kier molecular flexibility index (Phi) is 8.61. The van der Waals surface area contributed by atoms with Crippen molar-refractivity contribution in [2.45, 2.75) is 46.7 Å². The molecule has 0 fully saturated rings. The summed E-state index contributed by atoms with van der Waals surface area (Å²) in [5.74, 6) is -0.922. The molecule has 7 heteroatoms. The van der Waals surface area contributed by atoms with E-state index in [0.29, 0.717) is 5.69 Å². The van der Waals surface area contributed by atoms with E-state index < -0.39 is 18.0 Å². The molecule has 0 aliphatic rings. The Hall–Kier alpha value is -2.57. The zero-order valence-corrected chi connectivity index (χ0v) is 16.0. The smallest absolute Gasteiger partial charge is 0.329 e. The van der Waals surface area contributed by atoms with Crippen molar-refractivity contribution in [3.8, 4) is 0 Å². The Morgan fingerprint density at radius 2 is 1.54 bits per heavy atom. The molecule has 3 N–H and O–H groups in total. The molecule has 0 spiro atoms. The van der Waals surface area contributed by atoms with Gasteiger partial charge in [-0.15, -0.1) is 0 Å². The van der Waals surface area contributed by atoms with E-state index in [-0.39, 0.29) is 30.4 Å². The van der Waals surface area contributed by atoms with Crippen molar-refractivity contribution in [1.82, 2.24) is 10.6 Å². The summed E-state index contributed by atoms with van der Waals surface area (Å²) in [5.41, 5.74) is 0.614. The van der Waals surface area contributed by atoms with Gasteiger partial charge < -0.3 is 20.7 Å². The van der Waals surface area contributed by atoms with Gasteiger partial charge in [0, 0.05) is 11.7 Å². The topological polar surface area (TPSA) is 96.5 Å². The fraction of sp³-hybridized carbons (Fsp3) is 0.526. The zero-order chi connectivity index (χ0) is 19.7. The average molecular weight is 363 g/mol. The van der Waals surface area contributed by atoms with Crippen LogP contribution in [-0.2, 0) is 14.3 Å². The van der Waals surface area contributed by atoms with Crippen molar-refractivity contribution in [3.63, 3.8) is 0 Å². The normalized spacial score (nSPS) is 13.0. The van der Waals surface area contributed by atoms with E-state index in [9.17, 15) is 14.4 Å². The summed E-state index contributed by atoms with van der Waals surface area (Å²) < 4.78 is 5.07. The molecule has 0 heterocycles. The number of ether oxygens (including phenoxy) is 1. The molecular weight excluding hydrogens is 334 g/mol. The molecule has 0 radical (unpaired) electrons. The second-order valence-electron chi connectivity index (χ2n) is 6.89. The molecule has 1 aromatic carbocycles. The van der Waals surface area contributed by atoms with Gasteiger partial charge in [0.15, 0.2) is 6.61 Å². The second-order valence-corrected chi connectivity index (χ2v) is 6.89. The zero-order valence-electron chi connectivity index (χ0n) is 16.0. The molecule has 0 unspecified atom stereocenters. The number of rotatable bonds is 8. The Labute approximate surface area is 154 Å². The second kappa shape index (κ2) is 10.4. The largest absolute Gasteiger partial charge is 0.454 e. The fourth-order valence-electron chi connectivity index (χ4n) is 2.02. The molecule has 0 aliphatic heterocycles. The third-order valence-electron chi connectivity index (χ3n) is 3.97. The number of hydrogen-bond donors (Lipinski definition) is 3. The van der Waals surface area contributed by atoms with Crippen LogP contribution >= 0.6 is 0 Å². The van der Waals surface area contributed by atoms with E-state index in [0.717, 1.165) is 0 Å². The maximum absolute atomic E-state index is 12.3. The Bertz CT molecular complexity index is 602. The highest BCUT2D eigenvalue weighted by molar-refractivity contribution is 5.93. The van der Waals surface area contributed by atoms with Gasteiger partial charge in [-0.2, -0.15) is 0 Å². The number of esters is 1. The van der Waals surface area contributed by atoms with Crippen molar-refractivity contribution < 1.29 is 19.1 Å². The SMILES string of the molecule is CC(C)[C@H](C)NC(=O)COC(=O)[C@H](NC(=O)Nc1ccccc1)C(C)C. The van der Waals surface area contributed by atoms with Gasteiger partial charge in [0.05, 0.1) is 0 Å². The van der Waals surface area contributed by atoms with Crippen LogP contribution in [0, 0.1) is 11.8 Å². The lowest BCUT2D eigenvalue weighted by Crippen LogP contribution is -2.48. The van der Waals surface area contributed by atoms with Gasteiger partial charge in [0.1, 0.15) is 6.04 Å². The molecule has 1 rings (SSSR count).